The zero-order valence-corrected chi connectivity index (χ0v) is 19.2. The molecule has 4 nitrogen and oxygen atoms in total. The van der Waals surface area contributed by atoms with Gasteiger partial charge in [0.25, 0.3) is 0 Å². The van der Waals surface area contributed by atoms with Crippen molar-refractivity contribution in [3.05, 3.63) is 70.8 Å². The average Bonchev–Trinajstić information content (AvgIpc) is 2.78. The Hall–Kier alpha value is -2.59. The zero-order chi connectivity index (χ0) is 21.8. The van der Waals surface area contributed by atoms with E-state index in [1.165, 1.54) is 22.3 Å². The van der Waals surface area contributed by atoms with E-state index in [9.17, 15) is 4.79 Å². The summed E-state index contributed by atoms with van der Waals surface area (Å²) in [5.41, 5.74) is 6.32. The number of hydrogen-bond donors (Lipinski definition) is 0. The van der Waals surface area contributed by atoms with Gasteiger partial charge in [0.2, 0.25) is 0 Å². The molecule has 2 aromatic rings. The van der Waals surface area contributed by atoms with Gasteiger partial charge in [-0.15, -0.1) is 0 Å². The smallest absolute Gasteiger partial charge is 0.324 e. The van der Waals surface area contributed by atoms with Crippen LogP contribution in [0.2, 0.25) is 0 Å². The predicted molar refractivity (Wildman–Crippen MR) is 130 cm³/mol. The normalized spacial score (nSPS) is 17.4. The maximum absolute atomic E-state index is 13.4. The molecule has 2 amide bonds. The summed E-state index contributed by atoms with van der Waals surface area (Å²) in [4.78, 5) is 19.6. The topological polar surface area (TPSA) is 26.8 Å². The number of urea groups is 1. The number of likely N-dealkylation sites (tertiary alicyclic amines) is 1. The third-order valence-corrected chi connectivity index (χ3v) is 6.55. The summed E-state index contributed by atoms with van der Waals surface area (Å²) in [6.45, 7) is 5.56. The summed E-state index contributed by atoms with van der Waals surface area (Å²) < 4.78 is 0. The summed E-state index contributed by atoms with van der Waals surface area (Å²) in [5, 5.41) is 0. The molecule has 0 saturated carbocycles. The first-order valence-corrected chi connectivity index (χ1v) is 11.6. The number of nitrogens with zero attached hydrogens (tertiary/aromatic N) is 3. The summed E-state index contributed by atoms with van der Waals surface area (Å²) in [6.07, 6.45) is 8.53. The molecular formula is C27H35N3O. The molecule has 0 spiro atoms. The third kappa shape index (κ3) is 5.19. The Labute approximate surface area is 187 Å². The minimum absolute atomic E-state index is 0.180. The van der Waals surface area contributed by atoms with Crippen molar-refractivity contribution in [2.45, 2.75) is 38.5 Å². The van der Waals surface area contributed by atoms with Gasteiger partial charge in [-0.05, 0) is 81.4 Å². The summed E-state index contributed by atoms with van der Waals surface area (Å²) in [6, 6.07) is 15.6. The number of rotatable bonds is 4. The molecule has 0 aliphatic carbocycles. The number of benzene rings is 2. The zero-order valence-electron chi connectivity index (χ0n) is 19.2. The van der Waals surface area contributed by atoms with E-state index in [2.05, 4.69) is 85.4 Å². The number of piperidine rings is 1. The van der Waals surface area contributed by atoms with Gasteiger partial charge in [0, 0.05) is 31.9 Å². The molecule has 2 aliphatic rings. The first-order chi connectivity index (χ1) is 15.0. The van der Waals surface area contributed by atoms with E-state index in [0.29, 0.717) is 5.92 Å². The number of anilines is 1. The van der Waals surface area contributed by atoms with Gasteiger partial charge >= 0.3 is 6.03 Å². The molecule has 2 aromatic carbocycles. The molecule has 0 atom stereocenters. The van der Waals surface area contributed by atoms with Gasteiger partial charge in [-0.1, -0.05) is 48.0 Å². The Kier molecular flexibility index (Phi) is 6.77. The van der Waals surface area contributed by atoms with Crippen LogP contribution in [-0.2, 0) is 6.42 Å². The molecule has 2 heterocycles. The molecular weight excluding hydrogens is 382 g/mol. The molecule has 0 radical (unpaired) electrons. The van der Waals surface area contributed by atoms with Crippen LogP contribution in [0.3, 0.4) is 0 Å². The Bertz CT molecular complexity index is 924. The molecule has 0 N–H and O–H groups in total. The van der Waals surface area contributed by atoms with E-state index in [1.54, 1.807) is 0 Å². The highest BCUT2D eigenvalue weighted by atomic mass is 16.2. The van der Waals surface area contributed by atoms with Crippen molar-refractivity contribution in [2.24, 2.45) is 0 Å². The van der Waals surface area contributed by atoms with E-state index in [-0.39, 0.29) is 6.03 Å². The fourth-order valence-electron chi connectivity index (χ4n) is 4.73. The van der Waals surface area contributed by atoms with Crippen molar-refractivity contribution < 1.29 is 4.79 Å². The lowest BCUT2D eigenvalue weighted by atomic mass is 9.89. The standard InChI is InChI=1S/C27H35N3O/c1-21-8-11-23(12-9-21)24-14-18-29(19-15-24)27(31)30-17-5-7-25-20-22(10-13-26(25)30)6-4-16-28(2)3/h4,6,8-13,20,24H,5,7,14-19H2,1-3H3. The number of carbonyl (C=O) groups excluding carboxylic acids is 1. The quantitative estimate of drug-likeness (QED) is 0.673. The molecule has 4 rings (SSSR count). The van der Waals surface area contributed by atoms with Crippen LogP contribution in [-0.4, -0.2) is 56.1 Å². The summed E-state index contributed by atoms with van der Waals surface area (Å²) in [5.74, 6) is 0.565. The largest absolute Gasteiger partial charge is 0.324 e. The highest BCUT2D eigenvalue weighted by Crippen LogP contribution is 2.32. The van der Waals surface area contributed by atoms with Gasteiger partial charge in [0.15, 0.2) is 0 Å². The summed E-state index contributed by atoms with van der Waals surface area (Å²) >= 11 is 0. The first kappa shape index (κ1) is 21.6. The molecule has 1 fully saturated rings. The fraction of sp³-hybridized carbons (Fsp3) is 0.444. The highest BCUT2D eigenvalue weighted by Gasteiger charge is 2.30. The Morgan fingerprint density at radius 2 is 1.81 bits per heavy atom. The molecule has 0 unspecified atom stereocenters. The second-order valence-electron chi connectivity index (χ2n) is 9.26. The number of fused-ring (bicyclic) bond motifs is 1. The molecule has 0 bridgehead atoms. The Morgan fingerprint density at radius 1 is 1.06 bits per heavy atom. The second kappa shape index (κ2) is 9.69. The van der Waals surface area contributed by atoms with E-state index in [0.717, 1.165) is 57.5 Å². The number of likely N-dealkylation sites (N-methyl/N-ethyl adjacent to an activating group) is 1. The summed E-state index contributed by atoms with van der Waals surface area (Å²) in [7, 11) is 4.15. The van der Waals surface area contributed by atoms with Crippen molar-refractivity contribution in [1.82, 2.24) is 9.80 Å². The predicted octanol–water partition coefficient (Wildman–Crippen LogP) is 5.32. The van der Waals surface area contributed by atoms with Gasteiger partial charge in [-0.3, -0.25) is 4.90 Å². The van der Waals surface area contributed by atoms with Crippen LogP contribution in [0.1, 0.15) is 47.4 Å². The van der Waals surface area contributed by atoms with Gasteiger partial charge in [0.05, 0.1) is 0 Å². The lowest BCUT2D eigenvalue weighted by molar-refractivity contribution is 0.187. The van der Waals surface area contributed by atoms with Crippen LogP contribution in [0.5, 0.6) is 0 Å². The van der Waals surface area contributed by atoms with E-state index in [4.69, 9.17) is 0 Å². The maximum Gasteiger partial charge on any atom is 0.324 e. The Balaban J connectivity index is 1.41. The monoisotopic (exact) mass is 417 g/mol. The van der Waals surface area contributed by atoms with Crippen molar-refractivity contribution in [3.8, 4) is 0 Å². The average molecular weight is 418 g/mol. The number of aryl methyl sites for hydroxylation is 2. The van der Waals surface area contributed by atoms with Crippen LogP contribution in [0.4, 0.5) is 10.5 Å². The minimum atomic E-state index is 0.180. The van der Waals surface area contributed by atoms with Crippen molar-refractivity contribution in [3.63, 3.8) is 0 Å². The molecule has 4 heteroatoms. The van der Waals surface area contributed by atoms with Crippen LogP contribution in [0.15, 0.2) is 48.5 Å². The third-order valence-electron chi connectivity index (χ3n) is 6.55. The van der Waals surface area contributed by atoms with Crippen molar-refractivity contribution >= 4 is 17.8 Å². The van der Waals surface area contributed by atoms with Gasteiger partial charge in [-0.25, -0.2) is 4.79 Å². The Morgan fingerprint density at radius 3 is 2.52 bits per heavy atom. The molecule has 0 aromatic heterocycles. The minimum Gasteiger partial charge on any atom is -0.324 e. The molecule has 1 saturated heterocycles. The molecule has 2 aliphatic heterocycles. The van der Waals surface area contributed by atoms with Crippen LogP contribution in [0, 0.1) is 6.92 Å². The fourth-order valence-corrected chi connectivity index (χ4v) is 4.73. The second-order valence-corrected chi connectivity index (χ2v) is 9.26. The van der Waals surface area contributed by atoms with Crippen molar-refractivity contribution in [1.29, 1.82) is 0 Å². The number of hydrogen-bond acceptors (Lipinski definition) is 2. The van der Waals surface area contributed by atoms with E-state index < -0.39 is 0 Å². The number of carbonyl (C=O) groups is 1. The molecule has 164 valence electrons. The van der Waals surface area contributed by atoms with Crippen LogP contribution >= 0.6 is 0 Å². The van der Waals surface area contributed by atoms with Gasteiger partial charge < -0.3 is 9.80 Å². The lowest BCUT2D eigenvalue weighted by Gasteiger charge is -2.38. The van der Waals surface area contributed by atoms with Gasteiger partial charge in [-0.2, -0.15) is 0 Å². The highest BCUT2D eigenvalue weighted by molar-refractivity contribution is 5.93. The van der Waals surface area contributed by atoms with Crippen molar-refractivity contribution in [2.75, 3.05) is 45.2 Å². The van der Waals surface area contributed by atoms with E-state index >= 15 is 0 Å². The van der Waals surface area contributed by atoms with E-state index in [1.807, 2.05) is 4.90 Å². The van der Waals surface area contributed by atoms with Crippen LogP contribution in [0.25, 0.3) is 6.08 Å². The SMILES string of the molecule is Cc1ccc(C2CCN(C(=O)N3CCCc4cc(C=CCN(C)C)ccc43)CC2)cc1. The lowest BCUT2D eigenvalue weighted by Crippen LogP contribution is -2.48. The van der Waals surface area contributed by atoms with Gasteiger partial charge in [0.1, 0.15) is 0 Å². The number of amides is 2. The maximum atomic E-state index is 13.4. The molecule has 31 heavy (non-hydrogen) atoms. The van der Waals surface area contributed by atoms with Crippen LogP contribution < -0.4 is 4.90 Å². The first-order valence-electron chi connectivity index (χ1n) is 11.6.